The van der Waals surface area contributed by atoms with E-state index >= 15 is 0 Å². The Morgan fingerprint density at radius 1 is 0.950 bits per heavy atom. The molecular formula is C31H39N3O5S. The molecule has 0 fully saturated rings. The molecule has 0 aliphatic heterocycles. The highest BCUT2D eigenvalue weighted by atomic mass is 32.2. The van der Waals surface area contributed by atoms with Crippen molar-refractivity contribution in [1.29, 1.82) is 0 Å². The van der Waals surface area contributed by atoms with E-state index in [9.17, 15) is 18.0 Å². The van der Waals surface area contributed by atoms with Crippen LogP contribution < -0.4 is 14.4 Å². The summed E-state index contributed by atoms with van der Waals surface area (Å²) in [6.07, 6.45) is 2.07. The molecule has 0 aromatic heterocycles. The van der Waals surface area contributed by atoms with Gasteiger partial charge < -0.3 is 15.0 Å². The molecule has 3 rings (SSSR count). The maximum atomic E-state index is 14.1. The zero-order chi connectivity index (χ0) is 29.3. The van der Waals surface area contributed by atoms with Gasteiger partial charge in [0.2, 0.25) is 21.8 Å². The second kappa shape index (κ2) is 14.0. The molecule has 0 bridgehead atoms. The number of carbonyl (C=O) groups is 2. The molecule has 0 aliphatic rings. The molecule has 1 N–H and O–H groups in total. The Morgan fingerprint density at radius 2 is 1.57 bits per heavy atom. The van der Waals surface area contributed by atoms with Crippen LogP contribution in [0.25, 0.3) is 0 Å². The summed E-state index contributed by atoms with van der Waals surface area (Å²) in [5.74, 6) is -0.199. The Balaban J connectivity index is 2.06. The lowest BCUT2D eigenvalue weighted by Gasteiger charge is -2.34. The number of rotatable bonds is 13. The van der Waals surface area contributed by atoms with E-state index in [0.29, 0.717) is 11.4 Å². The molecule has 3 aromatic carbocycles. The fraction of sp³-hybridized carbons (Fsp3) is 0.355. The number of nitrogens with zero attached hydrogens (tertiary/aromatic N) is 2. The number of sulfonamides is 1. The molecule has 3 aromatic rings. The Labute approximate surface area is 238 Å². The molecule has 0 spiro atoms. The third kappa shape index (κ3) is 8.32. The van der Waals surface area contributed by atoms with Gasteiger partial charge in [-0.2, -0.15) is 0 Å². The molecule has 214 valence electrons. The van der Waals surface area contributed by atoms with Gasteiger partial charge in [-0.1, -0.05) is 61.5 Å². The molecule has 0 saturated heterocycles. The number of hydrogen-bond acceptors (Lipinski definition) is 5. The van der Waals surface area contributed by atoms with Gasteiger partial charge in [-0.15, -0.1) is 0 Å². The molecule has 8 nitrogen and oxygen atoms in total. The highest BCUT2D eigenvalue weighted by Gasteiger charge is 2.33. The van der Waals surface area contributed by atoms with Crippen LogP contribution in [0, 0.1) is 6.92 Å². The third-order valence-corrected chi connectivity index (χ3v) is 8.05. The second-order valence-electron chi connectivity index (χ2n) is 9.94. The average molecular weight is 566 g/mol. The average Bonchev–Trinajstić information content (AvgIpc) is 2.94. The number of carbonyl (C=O) groups excluding carboxylic acids is 2. The van der Waals surface area contributed by atoms with Gasteiger partial charge in [-0.25, -0.2) is 8.42 Å². The molecule has 40 heavy (non-hydrogen) atoms. The van der Waals surface area contributed by atoms with Crippen molar-refractivity contribution in [1.82, 2.24) is 10.2 Å². The summed E-state index contributed by atoms with van der Waals surface area (Å²) in [6.45, 7) is 5.53. The van der Waals surface area contributed by atoms with Crippen LogP contribution in [0.3, 0.4) is 0 Å². The van der Waals surface area contributed by atoms with Crippen molar-refractivity contribution >= 4 is 27.5 Å². The van der Waals surface area contributed by atoms with Crippen molar-refractivity contribution in [2.75, 3.05) is 24.2 Å². The molecule has 0 aliphatic carbocycles. The smallest absolute Gasteiger partial charge is 0.244 e. The fourth-order valence-electron chi connectivity index (χ4n) is 4.33. The van der Waals surface area contributed by atoms with Gasteiger partial charge in [-0.05, 0) is 61.2 Å². The van der Waals surface area contributed by atoms with Gasteiger partial charge in [0.15, 0.2) is 0 Å². The maximum Gasteiger partial charge on any atom is 0.244 e. The summed E-state index contributed by atoms with van der Waals surface area (Å²) in [7, 11) is -2.31. The van der Waals surface area contributed by atoms with E-state index in [1.807, 2.05) is 75.4 Å². The molecule has 0 heterocycles. The minimum absolute atomic E-state index is 0.0898. The van der Waals surface area contributed by atoms with E-state index in [4.69, 9.17) is 4.74 Å². The lowest BCUT2D eigenvalue weighted by atomic mass is 10.0. The summed E-state index contributed by atoms with van der Waals surface area (Å²) >= 11 is 0. The van der Waals surface area contributed by atoms with Crippen LogP contribution in [-0.4, -0.2) is 57.1 Å². The number of hydrogen-bond donors (Lipinski definition) is 1. The van der Waals surface area contributed by atoms with Crippen LogP contribution >= 0.6 is 0 Å². The maximum absolute atomic E-state index is 14.1. The monoisotopic (exact) mass is 565 g/mol. The Morgan fingerprint density at radius 3 is 2.15 bits per heavy atom. The van der Waals surface area contributed by atoms with Gasteiger partial charge in [0, 0.05) is 19.0 Å². The summed E-state index contributed by atoms with van der Waals surface area (Å²) in [5.41, 5.74) is 3.07. The van der Waals surface area contributed by atoms with Gasteiger partial charge in [-0.3, -0.25) is 13.9 Å². The number of amides is 2. The normalized spacial score (nSPS) is 12.7. The predicted octanol–water partition coefficient (Wildman–Crippen LogP) is 4.32. The molecule has 0 unspecified atom stereocenters. The molecular weight excluding hydrogens is 526 g/mol. The van der Waals surface area contributed by atoms with Crippen molar-refractivity contribution in [2.45, 2.75) is 52.2 Å². The lowest BCUT2D eigenvalue weighted by molar-refractivity contribution is -0.140. The van der Waals surface area contributed by atoms with Crippen molar-refractivity contribution in [2.24, 2.45) is 0 Å². The molecule has 2 atom stereocenters. The van der Waals surface area contributed by atoms with Gasteiger partial charge >= 0.3 is 0 Å². The van der Waals surface area contributed by atoms with E-state index in [-0.39, 0.29) is 24.9 Å². The largest absolute Gasteiger partial charge is 0.497 e. The number of aryl methyl sites for hydroxylation is 1. The molecule has 0 radical (unpaired) electrons. The number of methoxy groups -OCH3 is 1. The first-order valence-electron chi connectivity index (χ1n) is 13.3. The summed E-state index contributed by atoms with van der Waals surface area (Å²) in [4.78, 5) is 29.3. The molecule has 9 heteroatoms. The first-order chi connectivity index (χ1) is 19.0. The second-order valence-corrected chi connectivity index (χ2v) is 11.8. The summed E-state index contributed by atoms with van der Waals surface area (Å²) in [6, 6.07) is 22.7. The Hall–Kier alpha value is -3.85. The Kier molecular flexibility index (Phi) is 10.7. The number of benzene rings is 3. The van der Waals surface area contributed by atoms with Gasteiger partial charge in [0.05, 0.1) is 19.1 Å². The quantitative estimate of drug-likeness (QED) is 0.333. The van der Waals surface area contributed by atoms with E-state index in [1.165, 1.54) is 12.0 Å². The standard InChI is InChI=1S/C31H39N3O5S/c1-6-24(3)32-31(36)29(20-25-13-8-7-9-14-25)33(21-26-15-11-10-12-23(26)2)30(35)22-34(40(5,37)38)27-16-18-28(39-4)19-17-27/h7-19,24,29H,6,20-22H2,1-5H3,(H,32,36)/t24-,29-/m1/s1. The fourth-order valence-corrected chi connectivity index (χ4v) is 5.18. The lowest BCUT2D eigenvalue weighted by Crippen LogP contribution is -2.54. The molecule has 2 amide bonds. The first kappa shape index (κ1) is 30.7. The van der Waals surface area contributed by atoms with Crippen LogP contribution in [0.15, 0.2) is 78.9 Å². The zero-order valence-corrected chi connectivity index (χ0v) is 24.6. The minimum Gasteiger partial charge on any atom is -0.497 e. The van der Waals surface area contributed by atoms with Crippen molar-refractivity contribution in [3.8, 4) is 5.75 Å². The van der Waals surface area contributed by atoms with Crippen LogP contribution in [-0.2, 0) is 32.6 Å². The van der Waals surface area contributed by atoms with Crippen molar-refractivity contribution < 1.29 is 22.7 Å². The van der Waals surface area contributed by atoms with Crippen LogP contribution in [0.1, 0.15) is 37.0 Å². The van der Waals surface area contributed by atoms with E-state index < -0.39 is 28.5 Å². The summed E-state index contributed by atoms with van der Waals surface area (Å²) < 4.78 is 32.0. The van der Waals surface area contributed by atoms with Gasteiger partial charge in [0.25, 0.3) is 0 Å². The van der Waals surface area contributed by atoms with E-state index in [2.05, 4.69) is 5.32 Å². The highest BCUT2D eigenvalue weighted by molar-refractivity contribution is 7.92. The minimum atomic E-state index is -3.83. The first-order valence-corrected chi connectivity index (χ1v) is 15.2. The number of ether oxygens (including phenoxy) is 1. The SMILES string of the molecule is CC[C@@H](C)NC(=O)[C@@H](Cc1ccccc1)N(Cc1ccccc1C)C(=O)CN(c1ccc(OC)cc1)S(C)(=O)=O. The van der Waals surface area contributed by atoms with Crippen molar-refractivity contribution in [3.05, 3.63) is 95.6 Å². The predicted molar refractivity (Wildman–Crippen MR) is 159 cm³/mol. The van der Waals surface area contributed by atoms with Crippen LogP contribution in [0.4, 0.5) is 5.69 Å². The Bertz CT molecular complexity index is 1380. The number of nitrogens with one attached hydrogen (secondary N) is 1. The van der Waals surface area contributed by atoms with Crippen LogP contribution in [0.2, 0.25) is 0 Å². The van der Waals surface area contributed by atoms with E-state index in [1.54, 1.807) is 24.3 Å². The zero-order valence-electron chi connectivity index (χ0n) is 23.8. The number of anilines is 1. The highest BCUT2D eigenvalue weighted by Crippen LogP contribution is 2.23. The molecule has 0 saturated carbocycles. The van der Waals surface area contributed by atoms with Gasteiger partial charge in [0.1, 0.15) is 18.3 Å². The third-order valence-electron chi connectivity index (χ3n) is 6.91. The topological polar surface area (TPSA) is 96.0 Å². The van der Waals surface area contributed by atoms with Crippen LogP contribution in [0.5, 0.6) is 5.75 Å². The summed E-state index contributed by atoms with van der Waals surface area (Å²) in [5, 5.41) is 3.03. The van der Waals surface area contributed by atoms with Crippen molar-refractivity contribution in [3.63, 3.8) is 0 Å². The van der Waals surface area contributed by atoms with E-state index in [0.717, 1.165) is 33.7 Å².